The first kappa shape index (κ1) is 13.5. The molecule has 102 valence electrons. The molecule has 0 aliphatic carbocycles. The Kier molecular flexibility index (Phi) is 3.60. The second-order valence-corrected chi connectivity index (χ2v) is 3.96. The monoisotopic (exact) mass is 273 g/mol. The Morgan fingerprint density at radius 2 is 1.90 bits per heavy atom. The molecule has 0 aliphatic heterocycles. The fourth-order valence-electron chi connectivity index (χ4n) is 1.65. The predicted molar refractivity (Wildman–Crippen MR) is 70.6 cm³/mol. The van der Waals surface area contributed by atoms with E-state index >= 15 is 0 Å². The first-order chi connectivity index (χ1) is 9.52. The Bertz CT molecular complexity index is 719. The molecule has 0 saturated heterocycles. The van der Waals surface area contributed by atoms with Gasteiger partial charge in [-0.3, -0.25) is 9.59 Å². The second-order valence-electron chi connectivity index (χ2n) is 3.96. The lowest BCUT2D eigenvalue weighted by molar-refractivity contribution is 0.0694. The Labute approximate surface area is 113 Å². The highest BCUT2D eigenvalue weighted by molar-refractivity contribution is 5.94. The summed E-state index contributed by atoms with van der Waals surface area (Å²) < 4.78 is 0. The number of hydrogen-bond acceptors (Lipinski definition) is 4. The van der Waals surface area contributed by atoms with Gasteiger partial charge in [-0.2, -0.15) is 5.10 Å². The van der Waals surface area contributed by atoms with Crippen molar-refractivity contribution in [1.29, 1.82) is 0 Å². The molecule has 2 rings (SSSR count). The van der Waals surface area contributed by atoms with Crippen molar-refractivity contribution in [2.24, 2.45) is 0 Å². The molecule has 0 unspecified atom stereocenters. The van der Waals surface area contributed by atoms with E-state index in [9.17, 15) is 14.4 Å². The van der Waals surface area contributed by atoms with Gasteiger partial charge in [-0.25, -0.2) is 9.89 Å². The highest BCUT2D eigenvalue weighted by Crippen LogP contribution is 2.17. The molecular weight excluding hydrogens is 262 g/mol. The van der Waals surface area contributed by atoms with Crippen LogP contribution in [0.1, 0.15) is 20.7 Å². The zero-order valence-electron chi connectivity index (χ0n) is 10.5. The molecule has 0 aliphatic rings. The topological polar surface area (TPSA) is 112 Å². The molecule has 20 heavy (non-hydrogen) atoms. The summed E-state index contributed by atoms with van der Waals surface area (Å²) in [6, 6.07) is 7.60. The number of hydrogen-bond donors (Lipinski definition) is 3. The van der Waals surface area contributed by atoms with Crippen molar-refractivity contribution in [2.75, 3.05) is 7.05 Å². The summed E-state index contributed by atoms with van der Waals surface area (Å²) in [5.74, 6) is -1.55. The average molecular weight is 273 g/mol. The third-order valence-electron chi connectivity index (χ3n) is 2.70. The van der Waals surface area contributed by atoms with Crippen LogP contribution in [0.5, 0.6) is 0 Å². The van der Waals surface area contributed by atoms with E-state index in [1.165, 1.54) is 13.1 Å². The summed E-state index contributed by atoms with van der Waals surface area (Å²) in [5, 5.41) is 17.3. The lowest BCUT2D eigenvalue weighted by Crippen LogP contribution is -2.19. The van der Waals surface area contributed by atoms with E-state index in [0.717, 1.165) is 0 Å². The molecule has 1 heterocycles. The Morgan fingerprint density at radius 3 is 2.45 bits per heavy atom. The molecular formula is C13H11N3O4. The van der Waals surface area contributed by atoms with Gasteiger partial charge in [0.05, 0.1) is 5.69 Å². The summed E-state index contributed by atoms with van der Waals surface area (Å²) in [4.78, 5) is 33.6. The average Bonchev–Trinajstić information content (AvgIpc) is 2.47. The van der Waals surface area contributed by atoms with Crippen molar-refractivity contribution in [2.45, 2.75) is 0 Å². The fraction of sp³-hybridized carbons (Fsp3) is 0.0769. The van der Waals surface area contributed by atoms with Crippen molar-refractivity contribution < 1.29 is 14.7 Å². The van der Waals surface area contributed by atoms with Crippen molar-refractivity contribution in [1.82, 2.24) is 15.5 Å². The zero-order valence-corrected chi connectivity index (χ0v) is 10.5. The Hall–Kier alpha value is -2.96. The number of aromatic nitrogens is 2. The Morgan fingerprint density at radius 1 is 1.25 bits per heavy atom. The SMILES string of the molecule is CNC(=O)c1ccc(-c2cc(C(=O)O)c(=O)[nH]n2)cc1. The number of aromatic carboxylic acids is 1. The summed E-state index contributed by atoms with van der Waals surface area (Å²) in [5.41, 5.74) is 0.231. The van der Waals surface area contributed by atoms with E-state index in [0.29, 0.717) is 16.8 Å². The van der Waals surface area contributed by atoms with Crippen molar-refractivity contribution in [3.05, 3.63) is 51.8 Å². The van der Waals surface area contributed by atoms with Crippen LogP contribution in [0.25, 0.3) is 11.3 Å². The van der Waals surface area contributed by atoms with Crippen LogP contribution in [0.15, 0.2) is 35.1 Å². The number of nitrogens with one attached hydrogen (secondary N) is 2. The van der Waals surface area contributed by atoms with Crippen LogP contribution in [-0.2, 0) is 0 Å². The number of carboxylic acids is 1. The minimum absolute atomic E-state index is 0.225. The van der Waals surface area contributed by atoms with Crippen molar-refractivity contribution in [3.8, 4) is 11.3 Å². The van der Waals surface area contributed by atoms with Gasteiger partial charge in [-0.15, -0.1) is 0 Å². The molecule has 0 atom stereocenters. The largest absolute Gasteiger partial charge is 0.477 e. The maximum atomic E-state index is 11.4. The standard InChI is InChI=1S/C13H11N3O4/c1-14-11(17)8-4-2-7(3-5-8)10-6-9(13(19)20)12(18)16-15-10/h2-6H,1H3,(H,14,17)(H,16,18)(H,19,20). The normalized spacial score (nSPS) is 10.1. The number of H-pyrrole nitrogens is 1. The highest BCUT2D eigenvalue weighted by atomic mass is 16.4. The quantitative estimate of drug-likeness (QED) is 0.753. The molecule has 0 fully saturated rings. The van der Waals surface area contributed by atoms with Gasteiger partial charge in [0, 0.05) is 18.2 Å². The molecule has 0 radical (unpaired) electrons. The lowest BCUT2D eigenvalue weighted by Gasteiger charge is -2.03. The number of carboxylic acid groups (broad SMARTS) is 1. The third-order valence-corrected chi connectivity index (χ3v) is 2.70. The molecule has 0 bridgehead atoms. The maximum Gasteiger partial charge on any atom is 0.341 e. The summed E-state index contributed by atoms with van der Waals surface area (Å²) >= 11 is 0. The van der Waals surface area contributed by atoms with Gasteiger partial charge in [-0.1, -0.05) is 12.1 Å². The number of carbonyl (C=O) groups excluding carboxylic acids is 1. The van der Waals surface area contributed by atoms with E-state index in [4.69, 9.17) is 5.11 Å². The number of aromatic amines is 1. The molecule has 7 nitrogen and oxygen atoms in total. The highest BCUT2D eigenvalue weighted by Gasteiger charge is 2.12. The summed E-state index contributed by atoms with van der Waals surface area (Å²) in [7, 11) is 1.53. The fourth-order valence-corrected chi connectivity index (χ4v) is 1.65. The van der Waals surface area contributed by atoms with Crippen molar-refractivity contribution >= 4 is 11.9 Å². The van der Waals surface area contributed by atoms with Gasteiger partial charge in [0.15, 0.2) is 0 Å². The molecule has 3 N–H and O–H groups in total. The molecule has 1 aromatic carbocycles. The van der Waals surface area contributed by atoms with Gasteiger partial charge in [0.2, 0.25) is 0 Å². The van der Waals surface area contributed by atoms with Gasteiger partial charge >= 0.3 is 5.97 Å². The lowest BCUT2D eigenvalue weighted by atomic mass is 10.1. The van der Waals surface area contributed by atoms with Crippen LogP contribution < -0.4 is 10.9 Å². The van der Waals surface area contributed by atoms with Gasteiger partial charge in [0.25, 0.3) is 11.5 Å². The summed E-state index contributed by atoms with van der Waals surface area (Å²) in [6.07, 6.45) is 0. The first-order valence-electron chi connectivity index (χ1n) is 5.68. The molecule has 7 heteroatoms. The molecule has 2 aromatic rings. The third kappa shape index (κ3) is 2.56. The number of carbonyl (C=O) groups is 2. The Balaban J connectivity index is 2.42. The van der Waals surface area contributed by atoms with E-state index in [1.807, 2.05) is 0 Å². The molecule has 1 aromatic heterocycles. The second kappa shape index (κ2) is 5.35. The first-order valence-corrected chi connectivity index (χ1v) is 5.68. The number of nitrogens with zero attached hydrogens (tertiary/aromatic N) is 1. The van der Waals surface area contributed by atoms with Crippen LogP contribution in [-0.4, -0.2) is 34.2 Å². The maximum absolute atomic E-state index is 11.4. The summed E-state index contributed by atoms with van der Waals surface area (Å²) in [6.45, 7) is 0. The van der Waals surface area contributed by atoms with E-state index in [1.54, 1.807) is 24.3 Å². The number of rotatable bonds is 3. The van der Waals surface area contributed by atoms with Crippen LogP contribution in [0, 0.1) is 0 Å². The van der Waals surface area contributed by atoms with Gasteiger partial charge < -0.3 is 10.4 Å². The van der Waals surface area contributed by atoms with E-state index < -0.39 is 11.5 Å². The molecule has 0 spiro atoms. The minimum atomic E-state index is -1.32. The minimum Gasteiger partial charge on any atom is -0.477 e. The van der Waals surface area contributed by atoms with Crippen LogP contribution in [0.2, 0.25) is 0 Å². The van der Waals surface area contributed by atoms with Gasteiger partial charge in [0.1, 0.15) is 5.56 Å². The molecule has 0 saturated carbocycles. The zero-order chi connectivity index (χ0) is 14.7. The van der Waals surface area contributed by atoms with Crippen molar-refractivity contribution in [3.63, 3.8) is 0 Å². The van der Waals surface area contributed by atoms with E-state index in [-0.39, 0.29) is 11.5 Å². The van der Waals surface area contributed by atoms with E-state index in [2.05, 4.69) is 15.5 Å². The smallest absolute Gasteiger partial charge is 0.341 e. The number of amides is 1. The van der Waals surface area contributed by atoms with Crippen LogP contribution in [0.3, 0.4) is 0 Å². The van der Waals surface area contributed by atoms with Crippen LogP contribution in [0.4, 0.5) is 0 Å². The number of benzene rings is 1. The van der Waals surface area contributed by atoms with Gasteiger partial charge in [-0.05, 0) is 18.2 Å². The van der Waals surface area contributed by atoms with Crippen LogP contribution >= 0.6 is 0 Å². The molecule has 1 amide bonds. The predicted octanol–water partition coefficient (Wildman–Crippen LogP) is 0.495.